The molecule has 16 heavy (non-hydrogen) atoms. The number of halogens is 2. The van der Waals surface area contributed by atoms with Crippen molar-refractivity contribution in [2.45, 2.75) is 13.3 Å². The maximum absolute atomic E-state index is 12.5. The zero-order chi connectivity index (χ0) is 12.0. The average Bonchev–Trinajstić information content (AvgIpc) is 2.27. The molecule has 0 saturated heterocycles. The molecule has 0 saturated carbocycles. The summed E-state index contributed by atoms with van der Waals surface area (Å²) < 4.78 is 34.6. The van der Waals surface area contributed by atoms with E-state index in [2.05, 4.69) is 4.74 Å². The van der Waals surface area contributed by atoms with Crippen molar-refractivity contribution in [3.05, 3.63) is 29.8 Å². The van der Waals surface area contributed by atoms with Crippen LogP contribution >= 0.6 is 0 Å². The highest BCUT2D eigenvalue weighted by Gasteiger charge is 2.14. The number of carbonyl (C=O) groups excluding carboxylic acids is 1. The van der Waals surface area contributed by atoms with Crippen LogP contribution in [0.25, 0.3) is 0 Å². The second-order valence-electron chi connectivity index (χ2n) is 2.93. The van der Waals surface area contributed by atoms with E-state index in [1.165, 1.54) is 18.2 Å². The lowest BCUT2D eigenvalue weighted by Gasteiger charge is -2.09. The van der Waals surface area contributed by atoms with Crippen molar-refractivity contribution in [1.82, 2.24) is 0 Å². The molecule has 0 N–H and O–H groups in total. The molecule has 0 aliphatic rings. The van der Waals surface area contributed by atoms with Gasteiger partial charge in [-0.15, -0.1) is 0 Å². The smallest absolute Gasteiger partial charge is 0.344 e. The van der Waals surface area contributed by atoms with Crippen molar-refractivity contribution in [2.24, 2.45) is 0 Å². The fourth-order valence-electron chi connectivity index (χ4n) is 1.13. The number of para-hydroxylation sites is 1. The predicted octanol–water partition coefficient (Wildman–Crippen LogP) is 2.57. The van der Waals surface area contributed by atoms with Gasteiger partial charge in [-0.2, -0.15) is 0 Å². The fraction of sp³-hybridized carbons (Fsp3) is 0.364. The number of hydrogen-bond acceptors (Lipinski definition) is 3. The first-order valence-electron chi connectivity index (χ1n) is 4.80. The summed E-state index contributed by atoms with van der Waals surface area (Å²) in [6.07, 6.45) is -2.63. The van der Waals surface area contributed by atoms with Gasteiger partial charge in [0, 0.05) is 0 Å². The molecule has 0 aliphatic carbocycles. The highest BCUT2D eigenvalue weighted by Crippen LogP contribution is 2.28. The zero-order valence-electron chi connectivity index (χ0n) is 8.78. The molecule has 0 amide bonds. The first-order chi connectivity index (χ1) is 7.65. The lowest BCUT2D eigenvalue weighted by Crippen LogP contribution is -2.15. The number of hydrogen-bond donors (Lipinski definition) is 0. The van der Waals surface area contributed by atoms with E-state index in [0.717, 1.165) is 0 Å². The van der Waals surface area contributed by atoms with E-state index in [4.69, 9.17) is 4.74 Å². The Kier molecular flexibility index (Phi) is 4.69. The lowest BCUT2D eigenvalue weighted by atomic mass is 10.2. The molecule has 0 fully saturated rings. The van der Waals surface area contributed by atoms with Gasteiger partial charge in [0.25, 0.3) is 6.43 Å². The van der Waals surface area contributed by atoms with Crippen molar-refractivity contribution < 1.29 is 23.0 Å². The van der Waals surface area contributed by atoms with Crippen LogP contribution in [0.2, 0.25) is 0 Å². The molecule has 0 bridgehead atoms. The van der Waals surface area contributed by atoms with E-state index < -0.39 is 12.4 Å². The largest absolute Gasteiger partial charge is 0.481 e. The van der Waals surface area contributed by atoms with Gasteiger partial charge >= 0.3 is 5.97 Å². The Morgan fingerprint density at radius 2 is 2.06 bits per heavy atom. The minimum absolute atomic E-state index is 0.00514. The Morgan fingerprint density at radius 3 is 2.69 bits per heavy atom. The van der Waals surface area contributed by atoms with Crippen LogP contribution in [0.1, 0.15) is 18.9 Å². The molecule has 3 nitrogen and oxygen atoms in total. The average molecular weight is 230 g/mol. The first-order valence-corrected chi connectivity index (χ1v) is 4.80. The molecular formula is C11H12F2O3. The molecule has 0 aliphatic heterocycles. The highest BCUT2D eigenvalue weighted by atomic mass is 19.3. The minimum atomic E-state index is -2.63. The Balaban J connectivity index is 2.63. The van der Waals surface area contributed by atoms with Gasteiger partial charge < -0.3 is 9.47 Å². The normalized spacial score (nSPS) is 10.2. The fourth-order valence-corrected chi connectivity index (χ4v) is 1.13. The highest BCUT2D eigenvalue weighted by molar-refractivity contribution is 5.71. The molecule has 0 heterocycles. The van der Waals surface area contributed by atoms with Gasteiger partial charge in [-0.3, -0.25) is 0 Å². The molecule has 0 atom stereocenters. The van der Waals surface area contributed by atoms with Crippen LogP contribution in [-0.2, 0) is 9.53 Å². The van der Waals surface area contributed by atoms with Gasteiger partial charge in [0.2, 0.25) is 0 Å². The monoisotopic (exact) mass is 230 g/mol. The third-order valence-corrected chi connectivity index (χ3v) is 1.80. The molecule has 1 rings (SSSR count). The first kappa shape index (κ1) is 12.4. The molecule has 88 valence electrons. The molecule has 1 aromatic carbocycles. The van der Waals surface area contributed by atoms with Gasteiger partial charge in [0.1, 0.15) is 5.75 Å². The van der Waals surface area contributed by atoms with Crippen LogP contribution < -0.4 is 4.74 Å². The van der Waals surface area contributed by atoms with Crippen molar-refractivity contribution in [3.8, 4) is 5.75 Å². The number of benzene rings is 1. The molecule has 0 unspecified atom stereocenters. The number of esters is 1. The maximum atomic E-state index is 12.5. The van der Waals surface area contributed by atoms with E-state index in [9.17, 15) is 13.6 Å². The van der Waals surface area contributed by atoms with Crippen LogP contribution in [0.5, 0.6) is 5.75 Å². The van der Waals surface area contributed by atoms with Crippen molar-refractivity contribution in [2.75, 3.05) is 13.2 Å². The summed E-state index contributed by atoms with van der Waals surface area (Å²) in [5, 5.41) is 0. The van der Waals surface area contributed by atoms with Crippen LogP contribution in [0.3, 0.4) is 0 Å². The number of rotatable bonds is 5. The van der Waals surface area contributed by atoms with E-state index in [1.54, 1.807) is 13.0 Å². The van der Waals surface area contributed by atoms with Crippen molar-refractivity contribution >= 4 is 5.97 Å². The van der Waals surface area contributed by atoms with Crippen molar-refractivity contribution in [3.63, 3.8) is 0 Å². The van der Waals surface area contributed by atoms with Gasteiger partial charge in [0.15, 0.2) is 6.61 Å². The Labute approximate surface area is 92.0 Å². The molecular weight excluding hydrogens is 218 g/mol. The Morgan fingerprint density at radius 1 is 1.38 bits per heavy atom. The molecule has 0 radical (unpaired) electrons. The Hall–Kier alpha value is -1.65. The van der Waals surface area contributed by atoms with Gasteiger partial charge in [-0.1, -0.05) is 12.1 Å². The molecule has 1 aromatic rings. The summed E-state index contributed by atoms with van der Waals surface area (Å²) in [6.45, 7) is 1.53. The summed E-state index contributed by atoms with van der Waals surface area (Å²) in [4.78, 5) is 11.0. The van der Waals surface area contributed by atoms with E-state index in [-0.39, 0.29) is 24.5 Å². The lowest BCUT2D eigenvalue weighted by molar-refractivity contribution is -0.145. The zero-order valence-corrected chi connectivity index (χ0v) is 8.78. The summed E-state index contributed by atoms with van der Waals surface area (Å²) in [6, 6.07) is 5.69. The second kappa shape index (κ2) is 6.05. The number of ether oxygens (including phenoxy) is 2. The second-order valence-corrected chi connectivity index (χ2v) is 2.93. The standard InChI is InChI=1S/C11H12F2O3/c1-2-15-10(14)7-16-9-6-4-3-5-8(9)11(12)13/h3-6,11H,2,7H2,1H3. The maximum Gasteiger partial charge on any atom is 0.344 e. The third kappa shape index (κ3) is 3.49. The van der Waals surface area contributed by atoms with E-state index >= 15 is 0 Å². The van der Waals surface area contributed by atoms with Gasteiger partial charge in [0.05, 0.1) is 12.2 Å². The molecule has 0 aromatic heterocycles. The minimum Gasteiger partial charge on any atom is -0.481 e. The topological polar surface area (TPSA) is 35.5 Å². The summed E-state index contributed by atoms with van der Waals surface area (Å²) in [5.41, 5.74) is -0.230. The number of carbonyl (C=O) groups is 1. The summed E-state index contributed by atoms with van der Waals surface area (Å²) in [7, 11) is 0. The van der Waals surface area contributed by atoms with E-state index in [0.29, 0.717) is 0 Å². The van der Waals surface area contributed by atoms with Gasteiger partial charge in [-0.25, -0.2) is 13.6 Å². The Bertz CT molecular complexity index is 353. The summed E-state index contributed by atoms with van der Waals surface area (Å²) in [5.74, 6) is -0.572. The summed E-state index contributed by atoms with van der Waals surface area (Å²) >= 11 is 0. The van der Waals surface area contributed by atoms with Crippen LogP contribution in [-0.4, -0.2) is 19.2 Å². The molecule has 0 spiro atoms. The van der Waals surface area contributed by atoms with Crippen LogP contribution in [0.4, 0.5) is 8.78 Å². The van der Waals surface area contributed by atoms with Gasteiger partial charge in [-0.05, 0) is 19.1 Å². The quantitative estimate of drug-likeness (QED) is 0.729. The predicted molar refractivity (Wildman–Crippen MR) is 53.5 cm³/mol. The van der Waals surface area contributed by atoms with E-state index in [1.807, 2.05) is 0 Å². The molecule has 5 heteroatoms. The number of alkyl halides is 2. The van der Waals surface area contributed by atoms with Crippen molar-refractivity contribution in [1.29, 1.82) is 0 Å². The van der Waals surface area contributed by atoms with Crippen LogP contribution in [0, 0.1) is 0 Å². The van der Waals surface area contributed by atoms with Crippen LogP contribution in [0.15, 0.2) is 24.3 Å². The third-order valence-electron chi connectivity index (χ3n) is 1.80. The SMILES string of the molecule is CCOC(=O)COc1ccccc1C(F)F.